The highest BCUT2D eigenvalue weighted by Gasteiger charge is 2.40. The fraction of sp³-hybridized carbons (Fsp3) is 0.324. The van der Waals surface area contributed by atoms with Gasteiger partial charge in [-0.05, 0) is 70.7 Å². The molecule has 4 aromatic rings. The molecule has 1 saturated carbocycles. The topological polar surface area (TPSA) is 117 Å². The number of sulfonamides is 1. The molecule has 9 nitrogen and oxygen atoms in total. The summed E-state index contributed by atoms with van der Waals surface area (Å²) in [6.45, 7) is 3.02. The van der Waals surface area contributed by atoms with Gasteiger partial charge in [-0.1, -0.05) is 45.0 Å². The van der Waals surface area contributed by atoms with Gasteiger partial charge in [0.15, 0.2) is 28.2 Å². The standard InChI is InChI=1S/C37H33F8N3O6S/c1-36(2,3)24-12-20(11-23(13-24)21-6-7-21)17-48(25-9-8-22(35(50)51)14-26(25)54-4)28(49)18-47(16-19-5-10-27(46-15-19)37(43,44)45)55(52,53)34-32(41)30(39)29(38)31(40)33(34)42/h5,8-15,21H,6-7,16-18H2,1-4H3,(H,50,51). The summed E-state index contributed by atoms with van der Waals surface area (Å²) in [5.74, 6) is -15.8. The van der Waals surface area contributed by atoms with Crippen LogP contribution in [0.4, 0.5) is 40.8 Å². The van der Waals surface area contributed by atoms with Crippen LogP contribution in [0, 0.1) is 29.1 Å². The summed E-state index contributed by atoms with van der Waals surface area (Å²) >= 11 is 0. The summed E-state index contributed by atoms with van der Waals surface area (Å²) in [5.41, 5.74) is -0.161. The minimum Gasteiger partial charge on any atom is -0.495 e. The number of nitrogens with zero attached hydrogens (tertiary/aromatic N) is 3. The first-order valence-corrected chi connectivity index (χ1v) is 17.9. The molecule has 0 saturated heterocycles. The zero-order valence-corrected chi connectivity index (χ0v) is 30.4. The number of carboxylic acids is 1. The van der Waals surface area contributed by atoms with Gasteiger partial charge in [-0.2, -0.15) is 17.5 Å². The van der Waals surface area contributed by atoms with Crippen LogP contribution >= 0.6 is 0 Å². The largest absolute Gasteiger partial charge is 0.495 e. The lowest BCUT2D eigenvalue weighted by Crippen LogP contribution is -2.43. The predicted molar refractivity (Wildman–Crippen MR) is 181 cm³/mol. The molecule has 5 rings (SSSR count). The van der Waals surface area contributed by atoms with Gasteiger partial charge in [-0.25, -0.2) is 35.2 Å². The van der Waals surface area contributed by atoms with E-state index in [1.54, 1.807) is 6.07 Å². The molecule has 3 aromatic carbocycles. The number of carboxylic acid groups (broad SMARTS) is 1. The smallest absolute Gasteiger partial charge is 0.433 e. The van der Waals surface area contributed by atoms with Crippen molar-refractivity contribution in [3.05, 3.63) is 117 Å². The van der Waals surface area contributed by atoms with Crippen molar-refractivity contribution in [1.29, 1.82) is 0 Å². The highest BCUT2D eigenvalue weighted by Crippen LogP contribution is 2.42. The van der Waals surface area contributed by atoms with E-state index >= 15 is 8.78 Å². The number of aromatic carboxylic acids is 1. The van der Waals surface area contributed by atoms with Crippen LogP contribution in [0.25, 0.3) is 0 Å². The Labute approximate surface area is 310 Å². The number of hydrogen-bond donors (Lipinski definition) is 1. The van der Waals surface area contributed by atoms with Crippen LogP contribution in [-0.4, -0.2) is 48.3 Å². The van der Waals surface area contributed by atoms with Gasteiger partial charge in [0.2, 0.25) is 21.7 Å². The van der Waals surface area contributed by atoms with E-state index in [0.717, 1.165) is 54.2 Å². The number of alkyl halides is 3. The highest BCUT2D eigenvalue weighted by atomic mass is 32.2. The van der Waals surface area contributed by atoms with E-state index in [4.69, 9.17) is 4.74 Å². The van der Waals surface area contributed by atoms with Crippen LogP contribution in [0.3, 0.4) is 0 Å². The van der Waals surface area contributed by atoms with Crippen molar-refractivity contribution < 1.29 is 63.0 Å². The number of benzene rings is 3. The number of carbonyl (C=O) groups is 2. The van der Waals surface area contributed by atoms with Gasteiger partial charge in [0.1, 0.15) is 11.4 Å². The average Bonchev–Trinajstić information content (AvgIpc) is 3.97. The number of pyridine rings is 1. The molecular formula is C37H33F8N3O6S. The van der Waals surface area contributed by atoms with E-state index in [0.29, 0.717) is 17.8 Å². The van der Waals surface area contributed by atoms with Crippen LogP contribution in [0.5, 0.6) is 5.75 Å². The Kier molecular flexibility index (Phi) is 11.4. The number of halogens is 8. The maximum atomic E-state index is 15.0. The van der Waals surface area contributed by atoms with E-state index < -0.39 is 80.8 Å². The molecule has 1 amide bonds. The van der Waals surface area contributed by atoms with Crippen molar-refractivity contribution in [3.63, 3.8) is 0 Å². The zero-order valence-electron chi connectivity index (χ0n) is 29.6. The summed E-state index contributed by atoms with van der Waals surface area (Å²) in [6.07, 6.45) is -2.54. The number of carbonyl (C=O) groups excluding carboxylic acids is 1. The average molecular weight is 800 g/mol. The van der Waals surface area contributed by atoms with Gasteiger partial charge < -0.3 is 14.7 Å². The van der Waals surface area contributed by atoms with E-state index in [-0.39, 0.29) is 44.7 Å². The van der Waals surface area contributed by atoms with Crippen molar-refractivity contribution in [2.45, 2.75) is 69.1 Å². The Balaban J connectivity index is 1.67. The molecule has 0 bridgehead atoms. The Morgan fingerprint density at radius 2 is 1.47 bits per heavy atom. The third-order valence-corrected chi connectivity index (χ3v) is 10.7. The summed E-state index contributed by atoms with van der Waals surface area (Å²) < 4.78 is 146. The lowest BCUT2D eigenvalue weighted by atomic mass is 9.84. The molecule has 0 spiro atoms. The molecule has 0 radical (unpaired) electrons. The van der Waals surface area contributed by atoms with Gasteiger partial charge in [0.05, 0.1) is 31.5 Å². The van der Waals surface area contributed by atoms with Crippen LogP contribution in [0.1, 0.15) is 77.8 Å². The highest BCUT2D eigenvalue weighted by molar-refractivity contribution is 7.89. The van der Waals surface area contributed by atoms with Crippen molar-refractivity contribution in [2.75, 3.05) is 18.6 Å². The predicted octanol–water partition coefficient (Wildman–Crippen LogP) is 8.10. The number of anilines is 1. The first-order valence-electron chi connectivity index (χ1n) is 16.4. The van der Waals surface area contributed by atoms with Crippen molar-refractivity contribution in [2.24, 2.45) is 0 Å². The third-order valence-electron chi connectivity index (χ3n) is 8.84. The van der Waals surface area contributed by atoms with Crippen LogP contribution in [0.15, 0.2) is 59.6 Å². The molecule has 1 heterocycles. The third kappa shape index (κ3) is 8.75. The first kappa shape index (κ1) is 41.1. The quantitative estimate of drug-likeness (QED) is 0.0875. The second-order valence-electron chi connectivity index (χ2n) is 13.9. The van der Waals surface area contributed by atoms with Crippen LogP contribution < -0.4 is 9.64 Å². The van der Waals surface area contributed by atoms with E-state index in [9.17, 15) is 49.5 Å². The minimum absolute atomic E-state index is 0.0319. The molecule has 1 aromatic heterocycles. The van der Waals surface area contributed by atoms with Gasteiger partial charge in [-0.15, -0.1) is 0 Å². The fourth-order valence-electron chi connectivity index (χ4n) is 5.71. The molecule has 1 aliphatic rings. The summed E-state index contributed by atoms with van der Waals surface area (Å²) in [4.78, 5) is 28.1. The van der Waals surface area contributed by atoms with Crippen LogP contribution in [-0.2, 0) is 39.5 Å². The Morgan fingerprint density at radius 1 is 0.855 bits per heavy atom. The second-order valence-corrected chi connectivity index (χ2v) is 15.8. The summed E-state index contributed by atoms with van der Waals surface area (Å²) in [7, 11) is -4.72. The molecule has 18 heteroatoms. The Hall–Kier alpha value is -5.10. The molecule has 1 fully saturated rings. The molecule has 0 unspecified atom stereocenters. The lowest BCUT2D eigenvalue weighted by Gasteiger charge is -2.29. The maximum Gasteiger partial charge on any atom is 0.433 e. The van der Waals surface area contributed by atoms with E-state index in [2.05, 4.69) is 4.98 Å². The maximum absolute atomic E-state index is 15.0. The van der Waals surface area contributed by atoms with Gasteiger partial charge >= 0.3 is 12.1 Å². The summed E-state index contributed by atoms with van der Waals surface area (Å²) in [5, 5.41) is 9.58. The second kappa shape index (κ2) is 15.2. The molecule has 294 valence electrons. The molecule has 55 heavy (non-hydrogen) atoms. The Bertz CT molecular complexity index is 2230. The lowest BCUT2D eigenvalue weighted by molar-refractivity contribution is -0.141. The minimum atomic E-state index is -5.88. The zero-order chi connectivity index (χ0) is 40.8. The van der Waals surface area contributed by atoms with Gasteiger partial charge in [-0.3, -0.25) is 9.78 Å². The molecular weight excluding hydrogens is 766 g/mol. The number of ether oxygens (including phenoxy) is 1. The monoisotopic (exact) mass is 799 g/mol. The van der Waals surface area contributed by atoms with E-state index in [1.165, 1.54) is 6.07 Å². The van der Waals surface area contributed by atoms with Gasteiger partial charge in [0, 0.05) is 12.7 Å². The van der Waals surface area contributed by atoms with Crippen LogP contribution in [0.2, 0.25) is 0 Å². The number of rotatable bonds is 12. The van der Waals surface area contributed by atoms with E-state index in [1.807, 2.05) is 32.9 Å². The SMILES string of the molecule is COc1cc(C(=O)O)ccc1N(Cc1cc(C2CC2)cc(C(C)(C)C)c1)C(=O)CN(Cc1ccc(C(F)(F)F)nc1)S(=O)(=O)c1c(F)c(F)c(F)c(F)c1F. The van der Waals surface area contributed by atoms with Crippen molar-refractivity contribution >= 4 is 27.6 Å². The first-order chi connectivity index (χ1) is 25.5. The van der Waals surface area contributed by atoms with Crippen molar-refractivity contribution in [1.82, 2.24) is 9.29 Å². The number of amides is 1. The molecule has 1 N–H and O–H groups in total. The summed E-state index contributed by atoms with van der Waals surface area (Å²) in [6, 6.07) is 10.2. The fourth-order valence-corrected chi connectivity index (χ4v) is 7.20. The normalized spacial score (nSPS) is 13.6. The van der Waals surface area contributed by atoms with Gasteiger partial charge in [0.25, 0.3) is 0 Å². The molecule has 1 aliphatic carbocycles. The van der Waals surface area contributed by atoms with Crippen molar-refractivity contribution in [3.8, 4) is 5.75 Å². The number of hydrogen-bond acceptors (Lipinski definition) is 6. The molecule has 0 aliphatic heterocycles. The number of aromatic nitrogens is 1. The Morgan fingerprint density at radius 3 is 1.98 bits per heavy atom. The molecule has 0 atom stereocenters. The number of methoxy groups -OCH3 is 1.